The molecule has 0 aliphatic rings. The lowest BCUT2D eigenvalue weighted by atomic mass is 10.1. The summed E-state index contributed by atoms with van der Waals surface area (Å²) in [7, 11) is 2.05. The molecule has 0 amide bonds. The Morgan fingerprint density at radius 3 is 2.83 bits per heavy atom. The average Bonchev–Trinajstić information content (AvgIpc) is 2.97. The maximum atomic E-state index is 5.91. The summed E-state index contributed by atoms with van der Waals surface area (Å²) >= 11 is 1.71. The molecule has 0 spiro atoms. The number of nitrogens with zero attached hydrogens (tertiary/aromatic N) is 2. The first kappa shape index (κ1) is 11.4. The van der Waals surface area contributed by atoms with E-state index in [1.54, 1.807) is 11.3 Å². The third kappa shape index (κ3) is 1.74. The molecule has 0 aliphatic heterocycles. The first-order valence-corrected chi connectivity index (χ1v) is 6.80. The highest BCUT2D eigenvalue weighted by atomic mass is 32.1. The van der Waals surface area contributed by atoms with E-state index in [9.17, 15) is 0 Å². The van der Waals surface area contributed by atoms with E-state index >= 15 is 0 Å². The molecule has 3 nitrogen and oxygen atoms in total. The van der Waals surface area contributed by atoms with Gasteiger partial charge in [-0.15, -0.1) is 11.3 Å². The van der Waals surface area contributed by atoms with Crippen LogP contribution in [0.15, 0.2) is 35.7 Å². The number of imidazole rings is 1. The second kappa shape index (κ2) is 4.23. The maximum Gasteiger partial charge on any atom is 0.150 e. The second-order valence-electron chi connectivity index (χ2n) is 4.51. The minimum Gasteiger partial charge on any atom is -0.326 e. The molecule has 4 heteroatoms. The van der Waals surface area contributed by atoms with Crippen LogP contribution in [0, 0.1) is 0 Å². The highest BCUT2D eigenvalue weighted by Crippen LogP contribution is 2.28. The Morgan fingerprint density at radius 1 is 1.33 bits per heavy atom. The molecule has 92 valence electrons. The maximum absolute atomic E-state index is 5.91. The van der Waals surface area contributed by atoms with Crippen molar-refractivity contribution in [3.8, 4) is 10.7 Å². The Hall–Kier alpha value is -1.65. The van der Waals surface area contributed by atoms with Crippen LogP contribution in [0.3, 0.4) is 0 Å². The van der Waals surface area contributed by atoms with Crippen molar-refractivity contribution in [3.63, 3.8) is 0 Å². The van der Waals surface area contributed by atoms with Gasteiger partial charge in [0.2, 0.25) is 0 Å². The normalized spacial score (nSPS) is 13.1. The summed E-state index contributed by atoms with van der Waals surface area (Å²) in [6.07, 6.45) is 0. The Morgan fingerprint density at radius 2 is 2.17 bits per heavy atom. The van der Waals surface area contributed by atoms with Gasteiger partial charge in [-0.05, 0) is 36.1 Å². The summed E-state index contributed by atoms with van der Waals surface area (Å²) in [5.41, 5.74) is 9.19. The molecule has 2 aromatic heterocycles. The average molecular weight is 257 g/mol. The zero-order valence-electron chi connectivity index (χ0n) is 10.4. The van der Waals surface area contributed by atoms with Gasteiger partial charge in [-0.25, -0.2) is 4.98 Å². The van der Waals surface area contributed by atoms with Crippen LogP contribution in [0.5, 0.6) is 0 Å². The smallest absolute Gasteiger partial charge is 0.150 e. The van der Waals surface area contributed by atoms with Crippen molar-refractivity contribution in [3.05, 3.63) is 41.3 Å². The van der Waals surface area contributed by atoms with Crippen LogP contribution in [-0.4, -0.2) is 9.55 Å². The quantitative estimate of drug-likeness (QED) is 0.765. The minimum absolute atomic E-state index is 0.0431. The van der Waals surface area contributed by atoms with Crippen molar-refractivity contribution in [1.82, 2.24) is 9.55 Å². The van der Waals surface area contributed by atoms with Gasteiger partial charge < -0.3 is 10.3 Å². The number of benzene rings is 1. The second-order valence-corrected chi connectivity index (χ2v) is 5.46. The molecule has 0 radical (unpaired) electrons. The van der Waals surface area contributed by atoms with Gasteiger partial charge in [-0.3, -0.25) is 0 Å². The van der Waals surface area contributed by atoms with E-state index < -0.39 is 0 Å². The fourth-order valence-corrected chi connectivity index (χ4v) is 2.88. The van der Waals surface area contributed by atoms with Crippen molar-refractivity contribution >= 4 is 22.4 Å². The van der Waals surface area contributed by atoms with E-state index in [2.05, 4.69) is 41.3 Å². The SMILES string of the molecule is CC(N)c1ccc2c(c1)nc(-c1cccs1)n2C. The van der Waals surface area contributed by atoms with Crippen molar-refractivity contribution in [2.45, 2.75) is 13.0 Å². The number of fused-ring (bicyclic) bond motifs is 1. The molecular formula is C14H15N3S. The molecule has 0 fully saturated rings. The van der Waals surface area contributed by atoms with E-state index in [0.717, 1.165) is 22.4 Å². The Balaban J connectivity index is 2.21. The molecule has 0 bridgehead atoms. The van der Waals surface area contributed by atoms with Crippen LogP contribution < -0.4 is 5.73 Å². The number of thiophene rings is 1. The fraction of sp³-hybridized carbons (Fsp3) is 0.214. The molecular weight excluding hydrogens is 242 g/mol. The lowest BCUT2D eigenvalue weighted by Gasteiger charge is -2.04. The molecule has 18 heavy (non-hydrogen) atoms. The van der Waals surface area contributed by atoms with Crippen molar-refractivity contribution in [2.75, 3.05) is 0 Å². The van der Waals surface area contributed by atoms with Crippen molar-refractivity contribution in [2.24, 2.45) is 12.8 Å². The Labute approximate surface area is 110 Å². The van der Waals surface area contributed by atoms with E-state index in [4.69, 9.17) is 10.7 Å². The lowest BCUT2D eigenvalue weighted by molar-refractivity contribution is 0.819. The molecule has 0 saturated carbocycles. The predicted octanol–water partition coefficient (Wildman–Crippen LogP) is 3.32. The third-order valence-electron chi connectivity index (χ3n) is 3.17. The van der Waals surface area contributed by atoms with Crippen LogP contribution in [0.1, 0.15) is 18.5 Å². The number of aromatic nitrogens is 2. The number of aryl methyl sites for hydroxylation is 1. The zero-order valence-corrected chi connectivity index (χ0v) is 11.2. The van der Waals surface area contributed by atoms with Gasteiger partial charge in [0, 0.05) is 13.1 Å². The van der Waals surface area contributed by atoms with Gasteiger partial charge >= 0.3 is 0 Å². The lowest BCUT2D eigenvalue weighted by Crippen LogP contribution is -2.04. The van der Waals surface area contributed by atoms with Gasteiger partial charge in [0.15, 0.2) is 5.82 Å². The predicted molar refractivity (Wildman–Crippen MR) is 76.6 cm³/mol. The first-order valence-electron chi connectivity index (χ1n) is 5.92. The summed E-state index contributed by atoms with van der Waals surface area (Å²) < 4.78 is 2.13. The zero-order chi connectivity index (χ0) is 12.7. The summed E-state index contributed by atoms with van der Waals surface area (Å²) in [5, 5.41) is 2.07. The standard InChI is InChI=1S/C14H15N3S/c1-9(15)10-5-6-12-11(8-10)16-14(17(12)2)13-4-3-7-18-13/h3-9H,15H2,1-2H3. The van der Waals surface area contributed by atoms with Gasteiger partial charge in [-0.1, -0.05) is 12.1 Å². The van der Waals surface area contributed by atoms with Crippen LogP contribution in [0.4, 0.5) is 0 Å². The molecule has 0 saturated heterocycles. The highest BCUT2D eigenvalue weighted by Gasteiger charge is 2.11. The van der Waals surface area contributed by atoms with Crippen LogP contribution in [0.25, 0.3) is 21.7 Å². The molecule has 3 rings (SSSR count). The van der Waals surface area contributed by atoms with E-state index in [1.165, 1.54) is 4.88 Å². The summed E-state index contributed by atoms with van der Waals surface area (Å²) in [4.78, 5) is 5.91. The molecule has 3 aromatic rings. The Bertz CT molecular complexity index is 680. The van der Waals surface area contributed by atoms with E-state index in [-0.39, 0.29) is 6.04 Å². The minimum atomic E-state index is 0.0431. The monoisotopic (exact) mass is 257 g/mol. The van der Waals surface area contributed by atoms with Gasteiger partial charge in [-0.2, -0.15) is 0 Å². The van der Waals surface area contributed by atoms with Crippen LogP contribution in [-0.2, 0) is 7.05 Å². The van der Waals surface area contributed by atoms with Crippen LogP contribution in [0.2, 0.25) is 0 Å². The molecule has 2 N–H and O–H groups in total. The Kier molecular flexibility index (Phi) is 2.69. The first-order chi connectivity index (χ1) is 8.66. The van der Waals surface area contributed by atoms with Crippen molar-refractivity contribution < 1.29 is 0 Å². The molecule has 1 aromatic carbocycles. The molecule has 1 unspecified atom stereocenters. The van der Waals surface area contributed by atoms with Gasteiger partial charge in [0.1, 0.15) is 0 Å². The van der Waals surface area contributed by atoms with Gasteiger partial charge in [0.25, 0.3) is 0 Å². The van der Waals surface area contributed by atoms with Gasteiger partial charge in [0.05, 0.1) is 15.9 Å². The van der Waals surface area contributed by atoms with Crippen LogP contribution >= 0.6 is 11.3 Å². The molecule has 1 atom stereocenters. The largest absolute Gasteiger partial charge is 0.326 e. The summed E-state index contributed by atoms with van der Waals surface area (Å²) in [6, 6.07) is 10.4. The number of nitrogens with two attached hydrogens (primary N) is 1. The number of hydrogen-bond donors (Lipinski definition) is 1. The fourth-order valence-electron chi connectivity index (χ4n) is 2.13. The number of rotatable bonds is 2. The summed E-state index contributed by atoms with van der Waals surface area (Å²) in [5.74, 6) is 1.02. The summed E-state index contributed by atoms with van der Waals surface area (Å²) in [6.45, 7) is 1.99. The topological polar surface area (TPSA) is 43.8 Å². The third-order valence-corrected chi connectivity index (χ3v) is 4.04. The van der Waals surface area contributed by atoms with Crippen molar-refractivity contribution in [1.29, 1.82) is 0 Å². The van der Waals surface area contributed by atoms with E-state index in [1.807, 2.05) is 13.0 Å². The molecule has 2 heterocycles. The highest BCUT2D eigenvalue weighted by molar-refractivity contribution is 7.13. The van der Waals surface area contributed by atoms with E-state index in [0.29, 0.717) is 0 Å². The molecule has 0 aliphatic carbocycles. The number of hydrogen-bond acceptors (Lipinski definition) is 3.